The van der Waals surface area contributed by atoms with Crippen molar-refractivity contribution < 1.29 is 18.3 Å². The van der Waals surface area contributed by atoms with Gasteiger partial charge in [0.15, 0.2) is 0 Å². The molecule has 1 aromatic carbocycles. The smallest absolute Gasteiger partial charge is 0.385 e. The van der Waals surface area contributed by atoms with E-state index in [1.165, 1.54) is 19.1 Å². The van der Waals surface area contributed by atoms with Crippen molar-refractivity contribution in [1.82, 2.24) is 5.32 Å². The first-order chi connectivity index (χ1) is 8.92. The number of nitrogens with one attached hydrogen (secondary N) is 1. The summed E-state index contributed by atoms with van der Waals surface area (Å²) in [4.78, 5) is 0. The highest BCUT2D eigenvalue weighted by molar-refractivity contribution is 5.29. The van der Waals surface area contributed by atoms with E-state index >= 15 is 0 Å². The maximum atomic E-state index is 12.7. The van der Waals surface area contributed by atoms with Crippen LogP contribution < -0.4 is 5.32 Å². The molecule has 0 aliphatic rings. The summed E-state index contributed by atoms with van der Waals surface area (Å²) >= 11 is 0. The normalized spacial score (nSPS) is 16.0. The van der Waals surface area contributed by atoms with E-state index in [2.05, 4.69) is 5.32 Å². The summed E-state index contributed by atoms with van der Waals surface area (Å²) in [7, 11) is 0. The largest absolute Gasteiger partial charge is 0.416 e. The van der Waals surface area contributed by atoms with Gasteiger partial charge >= 0.3 is 6.18 Å². The predicted octanol–water partition coefficient (Wildman–Crippen LogP) is 3.69. The number of halogens is 3. The third-order valence-corrected chi connectivity index (χ3v) is 3.08. The fraction of sp³-hybridized carbons (Fsp3) is 0.600. The Morgan fingerprint density at radius 2 is 1.60 bits per heavy atom. The van der Waals surface area contributed by atoms with Crippen molar-refractivity contribution in [2.45, 2.75) is 51.4 Å². The lowest BCUT2D eigenvalue weighted by atomic mass is 9.91. The van der Waals surface area contributed by atoms with Gasteiger partial charge in [-0.2, -0.15) is 13.2 Å². The number of hydrogen-bond acceptors (Lipinski definition) is 2. The van der Waals surface area contributed by atoms with Gasteiger partial charge in [0, 0.05) is 5.54 Å². The van der Waals surface area contributed by atoms with Gasteiger partial charge in [0.1, 0.15) is 0 Å². The summed E-state index contributed by atoms with van der Waals surface area (Å²) in [6, 6.07) is 4.86. The lowest BCUT2D eigenvalue weighted by molar-refractivity contribution is -0.137. The fourth-order valence-electron chi connectivity index (χ4n) is 1.86. The van der Waals surface area contributed by atoms with Crippen molar-refractivity contribution in [3.63, 3.8) is 0 Å². The van der Waals surface area contributed by atoms with Crippen molar-refractivity contribution in [2.75, 3.05) is 6.54 Å². The lowest BCUT2D eigenvalue weighted by Gasteiger charge is -2.28. The van der Waals surface area contributed by atoms with Crippen LogP contribution in [0.4, 0.5) is 13.2 Å². The Balaban J connectivity index is 2.82. The van der Waals surface area contributed by atoms with Gasteiger partial charge in [-0.15, -0.1) is 0 Å². The van der Waals surface area contributed by atoms with Crippen molar-refractivity contribution in [2.24, 2.45) is 0 Å². The van der Waals surface area contributed by atoms with E-state index in [1.54, 1.807) is 0 Å². The molecule has 5 heteroatoms. The summed E-state index contributed by atoms with van der Waals surface area (Å²) in [5.74, 6) is 0. The Morgan fingerprint density at radius 3 is 2.10 bits per heavy atom. The van der Waals surface area contributed by atoms with Gasteiger partial charge in [0.05, 0.1) is 11.2 Å². The Morgan fingerprint density at radius 1 is 1.05 bits per heavy atom. The minimum atomic E-state index is -4.39. The van der Waals surface area contributed by atoms with Crippen LogP contribution in [0.1, 0.15) is 45.2 Å². The summed E-state index contributed by atoms with van der Waals surface area (Å²) in [6.45, 7) is 8.03. The van der Waals surface area contributed by atoms with Crippen LogP contribution in [0.25, 0.3) is 0 Å². The Labute approximate surface area is 118 Å². The molecule has 0 aromatic heterocycles. The predicted molar refractivity (Wildman–Crippen MR) is 73.4 cm³/mol. The second kappa shape index (κ2) is 5.74. The van der Waals surface area contributed by atoms with E-state index in [1.807, 2.05) is 20.8 Å². The van der Waals surface area contributed by atoms with Crippen molar-refractivity contribution in [3.05, 3.63) is 35.4 Å². The van der Waals surface area contributed by atoms with Crippen molar-refractivity contribution in [3.8, 4) is 0 Å². The zero-order valence-electron chi connectivity index (χ0n) is 12.3. The van der Waals surface area contributed by atoms with Gasteiger partial charge in [-0.1, -0.05) is 12.1 Å². The molecule has 0 saturated heterocycles. The molecule has 1 unspecified atom stereocenters. The second-order valence-electron chi connectivity index (χ2n) is 6.28. The first-order valence-corrected chi connectivity index (χ1v) is 6.57. The van der Waals surface area contributed by atoms with E-state index < -0.39 is 17.3 Å². The average Bonchev–Trinajstić information content (AvgIpc) is 2.26. The number of rotatable bonds is 4. The molecule has 1 aromatic rings. The van der Waals surface area contributed by atoms with E-state index in [0.29, 0.717) is 13.0 Å². The third-order valence-electron chi connectivity index (χ3n) is 3.08. The van der Waals surface area contributed by atoms with E-state index in [9.17, 15) is 18.3 Å². The van der Waals surface area contributed by atoms with Gasteiger partial charge in [0.2, 0.25) is 0 Å². The molecule has 0 saturated carbocycles. The van der Waals surface area contributed by atoms with Gasteiger partial charge in [-0.3, -0.25) is 0 Å². The highest BCUT2D eigenvalue weighted by Crippen LogP contribution is 2.33. The van der Waals surface area contributed by atoms with Crippen molar-refractivity contribution >= 4 is 0 Å². The maximum absolute atomic E-state index is 12.7. The molecule has 0 spiro atoms. The number of alkyl halides is 3. The number of hydrogen-bond donors (Lipinski definition) is 2. The molecule has 0 aliphatic heterocycles. The summed E-state index contributed by atoms with van der Waals surface area (Å²) in [5.41, 5.74) is -1.84. The van der Waals surface area contributed by atoms with Gasteiger partial charge < -0.3 is 10.4 Å². The summed E-state index contributed by atoms with van der Waals surface area (Å²) in [6.07, 6.45) is -4.05. The topological polar surface area (TPSA) is 32.3 Å². The monoisotopic (exact) mass is 289 g/mol. The molecule has 0 amide bonds. The molecule has 0 fully saturated rings. The first-order valence-electron chi connectivity index (χ1n) is 6.57. The van der Waals surface area contributed by atoms with Crippen LogP contribution in [0.3, 0.4) is 0 Å². The highest BCUT2D eigenvalue weighted by Gasteiger charge is 2.32. The van der Waals surface area contributed by atoms with Crippen LogP contribution in [-0.4, -0.2) is 17.2 Å². The van der Waals surface area contributed by atoms with Crippen molar-refractivity contribution in [1.29, 1.82) is 0 Å². The van der Waals surface area contributed by atoms with Gasteiger partial charge in [0.25, 0.3) is 0 Å². The summed E-state index contributed by atoms with van der Waals surface area (Å²) in [5, 5.41) is 13.6. The quantitative estimate of drug-likeness (QED) is 0.886. The number of benzene rings is 1. The van der Waals surface area contributed by atoms with E-state index in [0.717, 1.165) is 12.1 Å². The Kier molecular flexibility index (Phi) is 4.87. The molecular weight excluding hydrogens is 267 g/mol. The van der Waals surface area contributed by atoms with E-state index in [-0.39, 0.29) is 11.1 Å². The van der Waals surface area contributed by atoms with Crippen LogP contribution in [0.2, 0.25) is 0 Å². The minimum Gasteiger partial charge on any atom is -0.385 e. The zero-order chi connectivity index (χ0) is 15.6. The molecule has 1 atom stereocenters. The van der Waals surface area contributed by atoms with Gasteiger partial charge in [-0.25, -0.2) is 0 Å². The summed E-state index contributed by atoms with van der Waals surface area (Å²) < 4.78 is 38.0. The Bertz CT molecular complexity index is 447. The standard InChI is InChI=1S/C15H22F3NO/c1-13(2,3)19-9-8-14(4,20)11-6-5-7-12(10-11)15(16,17)18/h5-7,10,19-20H,8-9H2,1-4H3. The second-order valence-corrected chi connectivity index (χ2v) is 6.28. The molecule has 0 aliphatic carbocycles. The molecule has 0 heterocycles. The molecule has 20 heavy (non-hydrogen) atoms. The van der Waals surface area contributed by atoms with Crippen LogP contribution in [0.15, 0.2) is 24.3 Å². The highest BCUT2D eigenvalue weighted by atomic mass is 19.4. The molecule has 0 bridgehead atoms. The molecule has 2 N–H and O–H groups in total. The SMILES string of the molecule is CC(C)(C)NCCC(C)(O)c1cccc(C(F)(F)F)c1. The van der Waals surface area contributed by atoms with Gasteiger partial charge in [-0.05, 0) is 58.4 Å². The average molecular weight is 289 g/mol. The molecule has 2 nitrogen and oxygen atoms in total. The fourth-order valence-corrected chi connectivity index (χ4v) is 1.86. The van der Waals surface area contributed by atoms with E-state index in [4.69, 9.17) is 0 Å². The van der Waals surface area contributed by atoms with Crippen LogP contribution in [0.5, 0.6) is 0 Å². The third kappa shape index (κ3) is 5.13. The molecule has 1 rings (SSSR count). The number of aliphatic hydroxyl groups is 1. The van der Waals surface area contributed by atoms with Crippen LogP contribution in [-0.2, 0) is 11.8 Å². The van der Waals surface area contributed by atoms with Crippen LogP contribution >= 0.6 is 0 Å². The molecular formula is C15H22F3NO. The molecule has 114 valence electrons. The minimum absolute atomic E-state index is 0.0934. The molecule has 0 radical (unpaired) electrons. The lowest BCUT2D eigenvalue weighted by Crippen LogP contribution is -2.39. The zero-order valence-corrected chi connectivity index (χ0v) is 12.3. The van der Waals surface area contributed by atoms with Crippen LogP contribution in [0, 0.1) is 0 Å². The maximum Gasteiger partial charge on any atom is 0.416 e. The Hall–Kier alpha value is -1.07. The first kappa shape index (κ1) is 17.0.